The number of benzene rings is 2. The Hall–Kier alpha value is -3.18. The summed E-state index contributed by atoms with van der Waals surface area (Å²) in [6.45, 7) is 4.76. The highest BCUT2D eigenvalue weighted by molar-refractivity contribution is 8.13. The third-order valence-electron chi connectivity index (χ3n) is 8.10. The van der Waals surface area contributed by atoms with E-state index in [-0.39, 0.29) is 17.1 Å². The highest BCUT2D eigenvalue weighted by Gasteiger charge is 2.22. The average Bonchev–Trinajstić information content (AvgIpc) is 3.41. The number of nitrogens with zero attached hydrogens (tertiary/aromatic N) is 3. The van der Waals surface area contributed by atoms with E-state index in [9.17, 15) is 4.79 Å². The molecule has 1 aliphatic heterocycles. The van der Waals surface area contributed by atoms with E-state index in [4.69, 9.17) is 23.1 Å². The molecular formula is C33H41ClFN7OS. The van der Waals surface area contributed by atoms with Crippen LogP contribution in [0.3, 0.4) is 0 Å². The van der Waals surface area contributed by atoms with Crippen molar-refractivity contribution in [2.45, 2.75) is 76.9 Å². The molecular weight excluding hydrogens is 597 g/mol. The van der Waals surface area contributed by atoms with Gasteiger partial charge in [0.1, 0.15) is 5.65 Å². The van der Waals surface area contributed by atoms with Crippen LogP contribution >= 0.6 is 23.4 Å². The fraction of sp³-hybridized carbons (Fsp3) is 0.424. The number of aromatic amines is 1. The van der Waals surface area contributed by atoms with Gasteiger partial charge in [0.2, 0.25) is 0 Å². The standard InChI is InChI=1S/C33H41ClFN7OS/c1-3-44-32(37)38-15-14-24-8-5-9-28(39-24)22-10-12-25(13-11-22)42-19-23-18-29(40-31(23)41-33(42)43)26-16-21(7-4-6-20(2)36)17-27(34)30(26)35/h10-13,16-20,24,28,39H,3-9,14-15,36H2,1-2H3,(H2,37,38)(H,40,41,43)/t20-,24-,28-/m0/s1. The number of nitrogens with one attached hydrogen (secondary N) is 2. The second-order valence-corrected chi connectivity index (χ2v) is 13.3. The van der Waals surface area contributed by atoms with Crippen molar-refractivity contribution in [3.8, 4) is 16.9 Å². The largest absolute Gasteiger partial charge is 0.379 e. The highest BCUT2D eigenvalue weighted by Crippen LogP contribution is 2.32. The number of aromatic nitrogens is 3. The monoisotopic (exact) mass is 637 g/mol. The Balaban J connectivity index is 1.32. The third-order valence-corrected chi connectivity index (χ3v) is 9.09. The van der Waals surface area contributed by atoms with Gasteiger partial charge in [-0.25, -0.2) is 9.18 Å². The van der Waals surface area contributed by atoms with Crippen molar-refractivity contribution in [1.82, 2.24) is 19.9 Å². The second kappa shape index (κ2) is 14.7. The molecule has 5 rings (SSSR count). The number of aryl methyl sites for hydroxylation is 1. The van der Waals surface area contributed by atoms with Gasteiger partial charge < -0.3 is 21.8 Å². The number of fused-ring (bicyclic) bond motifs is 1. The third kappa shape index (κ3) is 7.90. The van der Waals surface area contributed by atoms with E-state index >= 15 is 4.39 Å². The molecule has 2 aromatic heterocycles. The Bertz CT molecular complexity index is 1670. The molecule has 0 unspecified atom stereocenters. The normalized spacial score (nSPS) is 18.2. The summed E-state index contributed by atoms with van der Waals surface area (Å²) >= 11 is 7.84. The summed E-state index contributed by atoms with van der Waals surface area (Å²) in [5, 5.41) is 5.18. The van der Waals surface area contributed by atoms with Crippen LogP contribution in [0.2, 0.25) is 5.02 Å². The topological polar surface area (TPSA) is 127 Å². The first-order valence-electron chi connectivity index (χ1n) is 15.4. The number of amidine groups is 1. The van der Waals surface area contributed by atoms with Gasteiger partial charge in [-0.3, -0.25) is 9.56 Å². The molecule has 234 valence electrons. The number of hydrogen-bond acceptors (Lipinski definition) is 6. The lowest BCUT2D eigenvalue weighted by molar-refractivity contribution is 0.315. The van der Waals surface area contributed by atoms with Crippen LogP contribution < -0.4 is 22.5 Å². The van der Waals surface area contributed by atoms with Crippen LogP contribution in [0, 0.1) is 5.82 Å². The summed E-state index contributed by atoms with van der Waals surface area (Å²) < 4.78 is 16.6. The lowest BCUT2D eigenvalue weighted by Crippen LogP contribution is -2.37. The lowest BCUT2D eigenvalue weighted by Gasteiger charge is -2.31. The number of rotatable bonds is 11. The van der Waals surface area contributed by atoms with Gasteiger partial charge in [-0.1, -0.05) is 48.8 Å². The molecule has 11 heteroatoms. The predicted octanol–water partition coefficient (Wildman–Crippen LogP) is 6.48. The van der Waals surface area contributed by atoms with Gasteiger partial charge in [0, 0.05) is 41.8 Å². The number of hydrogen-bond donors (Lipinski definition) is 4. The van der Waals surface area contributed by atoms with Crippen molar-refractivity contribution in [1.29, 1.82) is 0 Å². The van der Waals surface area contributed by atoms with Gasteiger partial charge in [0.15, 0.2) is 11.0 Å². The molecule has 2 aromatic carbocycles. The molecule has 6 N–H and O–H groups in total. The quantitative estimate of drug-likeness (QED) is 0.110. The van der Waals surface area contributed by atoms with E-state index in [0.717, 1.165) is 62.8 Å². The first kappa shape index (κ1) is 32.2. The van der Waals surface area contributed by atoms with Gasteiger partial charge in [-0.15, -0.1) is 0 Å². The van der Waals surface area contributed by atoms with Gasteiger partial charge in [0.05, 0.1) is 16.4 Å². The van der Waals surface area contributed by atoms with E-state index in [1.165, 1.54) is 10.1 Å². The summed E-state index contributed by atoms with van der Waals surface area (Å²) in [6.07, 6.45) is 8.51. The van der Waals surface area contributed by atoms with Gasteiger partial charge in [0.25, 0.3) is 0 Å². The maximum atomic E-state index is 15.1. The Morgan fingerprint density at radius 3 is 2.80 bits per heavy atom. The molecule has 1 fully saturated rings. The van der Waals surface area contributed by atoms with E-state index in [0.29, 0.717) is 39.2 Å². The first-order chi connectivity index (χ1) is 21.2. The molecule has 4 aromatic rings. The molecule has 0 bridgehead atoms. The Morgan fingerprint density at radius 2 is 2.05 bits per heavy atom. The highest BCUT2D eigenvalue weighted by atomic mass is 35.5. The summed E-state index contributed by atoms with van der Waals surface area (Å²) in [4.78, 5) is 24.9. The van der Waals surface area contributed by atoms with Crippen LogP contribution in [0.4, 0.5) is 4.39 Å². The minimum absolute atomic E-state index is 0.0626. The molecule has 0 amide bonds. The number of thioether (sulfide) groups is 1. The molecule has 0 spiro atoms. The molecule has 1 aliphatic rings. The van der Waals surface area contributed by atoms with Crippen LogP contribution in [-0.4, -0.2) is 44.1 Å². The zero-order valence-electron chi connectivity index (χ0n) is 25.3. The molecule has 0 radical (unpaired) electrons. The maximum absolute atomic E-state index is 15.1. The van der Waals surface area contributed by atoms with Crippen LogP contribution in [-0.2, 0) is 6.42 Å². The van der Waals surface area contributed by atoms with Crippen molar-refractivity contribution in [3.05, 3.63) is 81.1 Å². The minimum Gasteiger partial charge on any atom is -0.379 e. The summed E-state index contributed by atoms with van der Waals surface area (Å²) in [7, 11) is 0. The lowest BCUT2D eigenvalue weighted by atomic mass is 9.92. The van der Waals surface area contributed by atoms with Crippen molar-refractivity contribution < 1.29 is 4.39 Å². The average molecular weight is 638 g/mol. The van der Waals surface area contributed by atoms with Crippen molar-refractivity contribution >= 4 is 39.6 Å². The number of aliphatic imine (C=N–C) groups is 1. The number of H-pyrrole nitrogens is 1. The zero-order chi connectivity index (χ0) is 31.2. The van der Waals surface area contributed by atoms with E-state index < -0.39 is 11.5 Å². The van der Waals surface area contributed by atoms with Crippen molar-refractivity contribution in [2.75, 3.05) is 12.3 Å². The van der Waals surface area contributed by atoms with Gasteiger partial charge in [-0.2, -0.15) is 4.98 Å². The van der Waals surface area contributed by atoms with Crippen molar-refractivity contribution in [2.24, 2.45) is 16.5 Å². The molecule has 8 nitrogen and oxygen atoms in total. The summed E-state index contributed by atoms with van der Waals surface area (Å²) in [5.74, 6) is 0.419. The van der Waals surface area contributed by atoms with Crippen LogP contribution in [0.5, 0.6) is 0 Å². The molecule has 3 heterocycles. The van der Waals surface area contributed by atoms with E-state index in [1.54, 1.807) is 36.2 Å². The van der Waals surface area contributed by atoms with Crippen molar-refractivity contribution in [3.63, 3.8) is 0 Å². The molecule has 44 heavy (non-hydrogen) atoms. The first-order valence-corrected chi connectivity index (χ1v) is 16.7. The smallest absolute Gasteiger partial charge is 0.354 e. The Labute approximate surface area is 266 Å². The van der Waals surface area contributed by atoms with Crippen LogP contribution in [0.1, 0.15) is 69.5 Å². The van der Waals surface area contributed by atoms with Crippen LogP contribution in [0.15, 0.2) is 58.4 Å². The van der Waals surface area contributed by atoms with Gasteiger partial charge >= 0.3 is 5.69 Å². The fourth-order valence-electron chi connectivity index (χ4n) is 5.84. The Morgan fingerprint density at radius 1 is 1.25 bits per heavy atom. The van der Waals surface area contributed by atoms with E-state index in [1.807, 2.05) is 19.1 Å². The second-order valence-electron chi connectivity index (χ2n) is 11.6. The molecule has 3 atom stereocenters. The zero-order valence-corrected chi connectivity index (χ0v) is 26.9. The van der Waals surface area contributed by atoms with Crippen LogP contribution in [0.25, 0.3) is 28.0 Å². The predicted molar refractivity (Wildman–Crippen MR) is 181 cm³/mol. The molecule has 0 saturated carbocycles. The molecule has 0 aliphatic carbocycles. The van der Waals surface area contributed by atoms with E-state index in [2.05, 4.69) is 39.3 Å². The molecule has 1 saturated heterocycles. The van der Waals surface area contributed by atoms with Gasteiger partial charge in [-0.05, 0) is 92.7 Å². The SMILES string of the molecule is CCSC(N)=NCC[C@@H]1CCC[C@@H](c2ccc(-n3cc4cc(-c5cc(CCC[C@H](C)N)cc(Cl)c5F)[nH]c4nc3=O)cc2)N1. The Kier molecular flexibility index (Phi) is 10.8. The number of halogens is 2. The fourth-order valence-corrected chi connectivity index (χ4v) is 6.56. The number of piperidine rings is 1. The minimum atomic E-state index is -0.508. The maximum Gasteiger partial charge on any atom is 0.354 e. The number of nitrogens with two attached hydrogens (primary N) is 2. The summed E-state index contributed by atoms with van der Waals surface area (Å²) in [6, 6.07) is 14.0. The summed E-state index contributed by atoms with van der Waals surface area (Å²) in [5.41, 5.74) is 15.5.